The predicted molar refractivity (Wildman–Crippen MR) is 76.7 cm³/mol. The van der Waals surface area contributed by atoms with Crippen molar-refractivity contribution in [2.75, 3.05) is 6.54 Å². The first-order valence-corrected chi connectivity index (χ1v) is 8.21. The Kier molecular flexibility index (Phi) is 4.28. The van der Waals surface area contributed by atoms with Crippen molar-refractivity contribution in [2.45, 2.75) is 50.6 Å². The van der Waals surface area contributed by atoms with Crippen molar-refractivity contribution in [3.05, 3.63) is 29.3 Å². The lowest BCUT2D eigenvalue weighted by atomic mass is 10.0. The van der Waals surface area contributed by atoms with Crippen molar-refractivity contribution >= 4 is 10.0 Å². The van der Waals surface area contributed by atoms with Gasteiger partial charge in [0.05, 0.1) is 4.90 Å². The summed E-state index contributed by atoms with van der Waals surface area (Å²) >= 11 is 0. The van der Waals surface area contributed by atoms with Gasteiger partial charge < -0.3 is 5.32 Å². The van der Waals surface area contributed by atoms with E-state index in [1.54, 1.807) is 12.1 Å². The summed E-state index contributed by atoms with van der Waals surface area (Å²) in [6.07, 6.45) is 1.89. The topological polar surface area (TPSA) is 58.2 Å². The van der Waals surface area contributed by atoms with E-state index in [-0.39, 0.29) is 12.1 Å². The van der Waals surface area contributed by atoms with Crippen molar-refractivity contribution in [2.24, 2.45) is 0 Å². The number of sulfonamides is 1. The van der Waals surface area contributed by atoms with E-state index in [1.807, 2.05) is 26.8 Å². The van der Waals surface area contributed by atoms with Crippen LogP contribution in [0.4, 0.5) is 0 Å². The van der Waals surface area contributed by atoms with Crippen LogP contribution in [0.15, 0.2) is 23.1 Å². The molecule has 1 aromatic carbocycles. The highest BCUT2D eigenvalue weighted by Gasteiger charge is 2.26. The number of piperidine rings is 1. The lowest BCUT2D eigenvalue weighted by Gasteiger charge is -2.30. The highest BCUT2D eigenvalue weighted by molar-refractivity contribution is 7.89. The molecule has 5 heteroatoms. The minimum Gasteiger partial charge on any atom is -0.313 e. The molecule has 0 bridgehead atoms. The van der Waals surface area contributed by atoms with Crippen molar-refractivity contribution in [3.8, 4) is 0 Å². The molecule has 4 nitrogen and oxygen atoms in total. The molecular weight excluding hydrogens is 260 g/mol. The van der Waals surface area contributed by atoms with Crippen LogP contribution in [0.25, 0.3) is 0 Å². The summed E-state index contributed by atoms with van der Waals surface area (Å²) in [6.45, 7) is 6.89. The van der Waals surface area contributed by atoms with Gasteiger partial charge in [0.1, 0.15) is 0 Å². The Morgan fingerprint density at radius 3 is 2.63 bits per heavy atom. The van der Waals surface area contributed by atoms with Crippen LogP contribution in [0.2, 0.25) is 0 Å². The molecule has 2 N–H and O–H groups in total. The predicted octanol–water partition coefficient (Wildman–Crippen LogP) is 1.72. The van der Waals surface area contributed by atoms with Crippen LogP contribution in [-0.4, -0.2) is 27.0 Å². The number of hydrogen-bond acceptors (Lipinski definition) is 3. The van der Waals surface area contributed by atoms with Gasteiger partial charge in [0, 0.05) is 12.1 Å². The number of hydrogen-bond donors (Lipinski definition) is 2. The Morgan fingerprint density at radius 1 is 1.26 bits per heavy atom. The van der Waals surface area contributed by atoms with Crippen LogP contribution in [0, 0.1) is 13.8 Å². The largest absolute Gasteiger partial charge is 0.313 e. The van der Waals surface area contributed by atoms with Gasteiger partial charge in [-0.3, -0.25) is 0 Å². The number of aryl methyl sites for hydroxylation is 2. The second-order valence-electron chi connectivity index (χ2n) is 5.36. The summed E-state index contributed by atoms with van der Waals surface area (Å²) in [5.74, 6) is 0. The quantitative estimate of drug-likeness (QED) is 0.887. The Labute approximate surface area is 115 Å². The van der Waals surface area contributed by atoms with Crippen LogP contribution in [-0.2, 0) is 10.0 Å². The standard InChI is InChI=1S/C14H22N2O2S/c1-10-6-7-13(9-11(10)2)19(17,18)16-14-5-4-8-15-12(14)3/h6-7,9,12,14-16H,4-5,8H2,1-3H3/t12-,14+/m1/s1. The van der Waals surface area contributed by atoms with Crippen LogP contribution >= 0.6 is 0 Å². The molecule has 1 aliphatic rings. The second-order valence-corrected chi connectivity index (χ2v) is 7.07. The minimum atomic E-state index is -3.42. The molecule has 106 valence electrons. The van der Waals surface area contributed by atoms with E-state index in [4.69, 9.17) is 0 Å². The van der Waals surface area contributed by atoms with E-state index < -0.39 is 10.0 Å². The molecule has 0 amide bonds. The first-order valence-electron chi connectivity index (χ1n) is 6.73. The zero-order chi connectivity index (χ0) is 14.0. The molecule has 0 spiro atoms. The van der Waals surface area contributed by atoms with Gasteiger partial charge in [0.15, 0.2) is 0 Å². The van der Waals surface area contributed by atoms with Crippen molar-refractivity contribution in [1.29, 1.82) is 0 Å². The van der Waals surface area contributed by atoms with E-state index in [2.05, 4.69) is 10.0 Å². The summed E-state index contributed by atoms with van der Waals surface area (Å²) in [5.41, 5.74) is 2.10. The van der Waals surface area contributed by atoms with E-state index in [9.17, 15) is 8.42 Å². The van der Waals surface area contributed by atoms with Crippen molar-refractivity contribution in [3.63, 3.8) is 0 Å². The van der Waals surface area contributed by atoms with Gasteiger partial charge in [-0.15, -0.1) is 0 Å². The first-order chi connectivity index (χ1) is 8.90. The SMILES string of the molecule is Cc1ccc(S(=O)(=O)N[C@H]2CCCN[C@@H]2C)cc1C. The molecule has 0 aromatic heterocycles. The van der Waals surface area contributed by atoms with Gasteiger partial charge in [-0.25, -0.2) is 13.1 Å². The second kappa shape index (κ2) is 5.61. The van der Waals surface area contributed by atoms with Crippen LogP contribution in [0.3, 0.4) is 0 Å². The molecule has 0 saturated carbocycles. The summed E-state index contributed by atoms with van der Waals surface area (Å²) in [6, 6.07) is 5.41. The molecule has 0 radical (unpaired) electrons. The molecule has 1 aromatic rings. The first kappa shape index (κ1) is 14.5. The van der Waals surface area contributed by atoms with Gasteiger partial charge in [-0.2, -0.15) is 0 Å². The molecule has 19 heavy (non-hydrogen) atoms. The van der Waals surface area contributed by atoms with Gasteiger partial charge in [0.2, 0.25) is 10.0 Å². The Morgan fingerprint density at radius 2 is 2.00 bits per heavy atom. The Hall–Kier alpha value is -0.910. The fraction of sp³-hybridized carbons (Fsp3) is 0.571. The third kappa shape index (κ3) is 3.35. The fourth-order valence-electron chi connectivity index (χ4n) is 2.35. The third-order valence-electron chi connectivity index (χ3n) is 3.86. The molecule has 1 fully saturated rings. The number of benzene rings is 1. The number of nitrogens with one attached hydrogen (secondary N) is 2. The minimum absolute atomic E-state index is 0.0274. The summed E-state index contributed by atoms with van der Waals surface area (Å²) in [7, 11) is -3.42. The Balaban J connectivity index is 2.19. The molecule has 1 saturated heterocycles. The lowest BCUT2D eigenvalue weighted by molar-refractivity contribution is 0.349. The zero-order valence-corrected chi connectivity index (χ0v) is 12.5. The molecule has 0 unspecified atom stereocenters. The highest BCUT2D eigenvalue weighted by Crippen LogP contribution is 2.17. The van der Waals surface area contributed by atoms with Crippen LogP contribution < -0.4 is 10.0 Å². The monoisotopic (exact) mass is 282 g/mol. The average Bonchev–Trinajstić information content (AvgIpc) is 2.35. The van der Waals surface area contributed by atoms with Gasteiger partial charge in [-0.05, 0) is 63.4 Å². The van der Waals surface area contributed by atoms with E-state index >= 15 is 0 Å². The van der Waals surface area contributed by atoms with Crippen molar-refractivity contribution < 1.29 is 8.42 Å². The Bertz CT molecular complexity index is 555. The van der Waals surface area contributed by atoms with E-state index in [0.717, 1.165) is 30.5 Å². The van der Waals surface area contributed by atoms with Gasteiger partial charge >= 0.3 is 0 Å². The maximum Gasteiger partial charge on any atom is 0.240 e. The number of rotatable bonds is 3. The van der Waals surface area contributed by atoms with Crippen LogP contribution in [0.5, 0.6) is 0 Å². The van der Waals surface area contributed by atoms with E-state index in [1.165, 1.54) is 0 Å². The third-order valence-corrected chi connectivity index (χ3v) is 5.34. The highest BCUT2D eigenvalue weighted by atomic mass is 32.2. The lowest BCUT2D eigenvalue weighted by Crippen LogP contribution is -2.51. The van der Waals surface area contributed by atoms with E-state index in [0.29, 0.717) is 4.90 Å². The normalized spacial score (nSPS) is 24.4. The molecule has 2 rings (SSSR count). The molecule has 0 aliphatic carbocycles. The maximum atomic E-state index is 12.4. The van der Waals surface area contributed by atoms with Gasteiger partial charge in [-0.1, -0.05) is 6.07 Å². The maximum absolute atomic E-state index is 12.4. The molecule has 1 heterocycles. The molecule has 1 aliphatic heterocycles. The summed E-state index contributed by atoms with van der Waals surface area (Å²) in [5, 5.41) is 3.30. The molecular formula is C14H22N2O2S. The zero-order valence-electron chi connectivity index (χ0n) is 11.7. The van der Waals surface area contributed by atoms with Gasteiger partial charge in [0.25, 0.3) is 0 Å². The smallest absolute Gasteiger partial charge is 0.240 e. The average molecular weight is 282 g/mol. The van der Waals surface area contributed by atoms with Crippen molar-refractivity contribution in [1.82, 2.24) is 10.0 Å². The van der Waals surface area contributed by atoms with Crippen LogP contribution in [0.1, 0.15) is 30.9 Å². The summed E-state index contributed by atoms with van der Waals surface area (Å²) in [4.78, 5) is 0.355. The summed E-state index contributed by atoms with van der Waals surface area (Å²) < 4.78 is 27.6. The molecule has 2 atom stereocenters. The fourth-order valence-corrected chi connectivity index (χ4v) is 3.79.